The van der Waals surface area contributed by atoms with E-state index in [1.165, 1.54) is 0 Å². The number of thioether (sulfide) groups is 1. The molecule has 0 saturated heterocycles. The number of nitrogens with zero attached hydrogens (tertiary/aromatic N) is 2. The van der Waals surface area contributed by atoms with E-state index in [0.717, 1.165) is 25.0 Å². The lowest BCUT2D eigenvalue weighted by atomic mass is 10.2. The number of carbonyl (C=O) groups excluding carboxylic acids is 1. The van der Waals surface area contributed by atoms with Crippen molar-refractivity contribution < 1.29 is 14.7 Å². The maximum atomic E-state index is 12.5. The maximum absolute atomic E-state index is 12.5. The first-order valence-electron chi connectivity index (χ1n) is 6.75. The van der Waals surface area contributed by atoms with Crippen LogP contribution in [-0.4, -0.2) is 64.6 Å². The molecular formula is C13H24N2O3S. The van der Waals surface area contributed by atoms with E-state index < -0.39 is 5.97 Å². The lowest BCUT2D eigenvalue weighted by Crippen LogP contribution is -2.48. The van der Waals surface area contributed by atoms with Crippen LogP contribution in [0.4, 0.5) is 4.79 Å². The predicted molar refractivity (Wildman–Crippen MR) is 77.6 cm³/mol. The summed E-state index contributed by atoms with van der Waals surface area (Å²) in [6.45, 7) is 2.39. The third kappa shape index (κ3) is 4.93. The van der Waals surface area contributed by atoms with Crippen LogP contribution in [0, 0.1) is 0 Å². The number of aliphatic carboxylic acids is 1. The van der Waals surface area contributed by atoms with Crippen molar-refractivity contribution in [3.63, 3.8) is 0 Å². The van der Waals surface area contributed by atoms with Crippen molar-refractivity contribution in [2.75, 3.05) is 25.6 Å². The van der Waals surface area contributed by atoms with E-state index in [9.17, 15) is 9.59 Å². The Morgan fingerprint density at radius 1 is 1.42 bits per heavy atom. The molecule has 1 N–H and O–H groups in total. The van der Waals surface area contributed by atoms with Crippen LogP contribution in [-0.2, 0) is 4.79 Å². The average molecular weight is 288 g/mol. The summed E-state index contributed by atoms with van der Waals surface area (Å²) in [6, 6.07) is 0.444. The fraction of sp³-hybridized carbons (Fsp3) is 0.846. The van der Waals surface area contributed by atoms with Gasteiger partial charge in [-0.1, -0.05) is 6.92 Å². The Morgan fingerprint density at radius 2 is 2.05 bits per heavy atom. The van der Waals surface area contributed by atoms with Crippen LogP contribution in [0.25, 0.3) is 0 Å². The molecule has 0 radical (unpaired) electrons. The molecule has 0 spiro atoms. The molecule has 1 unspecified atom stereocenters. The van der Waals surface area contributed by atoms with Gasteiger partial charge in [-0.25, -0.2) is 4.79 Å². The zero-order chi connectivity index (χ0) is 14.4. The average Bonchev–Trinajstić information content (AvgIpc) is 3.19. The Kier molecular flexibility index (Phi) is 6.48. The minimum absolute atomic E-state index is 0.0232. The summed E-state index contributed by atoms with van der Waals surface area (Å²) in [5.74, 6) is 0.0631. The van der Waals surface area contributed by atoms with Crippen molar-refractivity contribution in [3.05, 3.63) is 0 Å². The van der Waals surface area contributed by atoms with Crippen LogP contribution < -0.4 is 0 Å². The lowest BCUT2D eigenvalue weighted by molar-refractivity contribution is -0.137. The summed E-state index contributed by atoms with van der Waals surface area (Å²) >= 11 is 1.73. The minimum Gasteiger partial charge on any atom is -0.481 e. The number of hydrogen-bond acceptors (Lipinski definition) is 3. The molecule has 1 fully saturated rings. The number of carboxylic acid groups (broad SMARTS) is 1. The Hall–Kier alpha value is -0.910. The first-order valence-corrected chi connectivity index (χ1v) is 8.14. The smallest absolute Gasteiger partial charge is 0.320 e. The number of carboxylic acids is 1. The molecule has 19 heavy (non-hydrogen) atoms. The highest BCUT2D eigenvalue weighted by molar-refractivity contribution is 7.98. The Morgan fingerprint density at radius 3 is 2.47 bits per heavy atom. The van der Waals surface area contributed by atoms with Crippen molar-refractivity contribution in [1.29, 1.82) is 0 Å². The second-order valence-electron chi connectivity index (χ2n) is 4.98. The summed E-state index contributed by atoms with van der Waals surface area (Å²) < 4.78 is 0. The van der Waals surface area contributed by atoms with Crippen molar-refractivity contribution in [3.8, 4) is 0 Å². The van der Waals surface area contributed by atoms with Crippen molar-refractivity contribution in [2.24, 2.45) is 0 Å². The SMILES string of the molecule is CCC(CSC)N(C)C(=O)N(CCC(=O)O)C1CC1. The van der Waals surface area contributed by atoms with Gasteiger partial charge in [0.05, 0.1) is 6.42 Å². The van der Waals surface area contributed by atoms with Gasteiger partial charge in [0.2, 0.25) is 0 Å². The molecule has 2 amide bonds. The molecule has 1 aliphatic rings. The summed E-state index contributed by atoms with van der Waals surface area (Å²) in [7, 11) is 1.82. The van der Waals surface area contributed by atoms with Crippen LogP contribution >= 0.6 is 11.8 Å². The fourth-order valence-electron chi connectivity index (χ4n) is 2.09. The molecule has 0 bridgehead atoms. The summed E-state index contributed by atoms with van der Waals surface area (Å²) in [6.07, 6.45) is 4.97. The first-order chi connectivity index (χ1) is 9.01. The standard InChI is InChI=1S/C13H24N2O3S/c1-4-10(9-19-3)14(2)13(18)15(11-5-6-11)8-7-12(16)17/h10-11H,4-9H2,1-3H3,(H,16,17). The van der Waals surface area contributed by atoms with Gasteiger partial charge in [-0.15, -0.1) is 0 Å². The van der Waals surface area contributed by atoms with Gasteiger partial charge in [0.1, 0.15) is 0 Å². The summed E-state index contributed by atoms with van der Waals surface area (Å²) in [4.78, 5) is 26.6. The molecule has 6 heteroatoms. The Bertz CT molecular complexity index is 321. The van der Waals surface area contributed by atoms with Gasteiger partial charge < -0.3 is 14.9 Å². The van der Waals surface area contributed by atoms with Crippen molar-refractivity contribution >= 4 is 23.8 Å². The molecule has 1 atom stereocenters. The van der Waals surface area contributed by atoms with Gasteiger partial charge in [0.25, 0.3) is 0 Å². The molecule has 110 valence electrons. The monoisotopic (exact) mass is 288 g/mol. The summed E-state index contributed by atoms with van der Waals surface area (Å²) in [5.41, 5.74) is 0. The van der Waals surface area contributed by atoms with Crippen LogP contribution in [0.2, 0.25) is 0 Å². The van der Waals surface area contributed by atoms with Gasteiger partial charge in [-0.2, -0.15) is 11.8 Å². The molecule has 0 aromatic carbocycles. The molecule has 0 aliphatic heterocycles. The van der Waals surface area contributed by atoms with Gasteiger partial charge in [-0.05, 0) is 25.5 Å². The third-order valence-electron chi connectivity index (χ3n) is 3.48. The molecule has 1 aliphatic carbocycles. The second-order valence-corrected chi connectivity index (χ2v) is 5.89. The zero-order valence-electron chi connectivity index (χ0n) is 12.0. The molecule has 5 nitrogen and oxygen atoms in total. The number of rotatable bonds is 8. The van der Waals surface area contributed by atoms with E-state index in [0.29, 0.717) is 6.54 Å². The molecule has 0 aromatic rings. The molecule has 0 heterocycles. The number of amides is 2. The van der Waals surface area contributed by atoms with Gasteiger partial charge >= 0.3 is 12.0 Å². The third-order valence-corrected chi connectivity index (χ3v) is 4.20. The minimum atomic E-state index is -0.850. The largest absolute Gasteiger partial charge is 0.481 e. The fourth-order valence-corrected chi connectivity index (χ4v) is 2.94. The molecule has 1 saturated carbocycles. The van der Waals surface area contributed by atoms with Crippen molar-refractivity contribution in [2.45, 2.75) is 44.7 Å². The van der Waals surface area contributed by atoms with Gasteiger partial charge in [-0.3, -0.25) is 4.79 Å². The maximum Gasteiger partial charge on any atom is 0.320 e. The van der Waals surface area contributed by atoms with Crippen LogP contribution in [0.3, 0.4) is 0 Å². The van der Waals surface area contributed by atoms with Crippen LogP contribution in [0.15, 0.2) is 0 Å². The van der Waals surface area contributed by atoms with E-state index in [1.807, 2.05) is 13.3 Å². The quantitative estimate of drug-likeness (QED) is 0.743. The van der Waals surface area contributed by atoms with E-state index in [-0.39, 0.29) is 24.5 Å². The topological polar surface area (TPSA) is 60.9 Å². The zero-order valence-corrected chi connectivity index (χ0v) is 12.8. The number of carbonyl (C=O) groups is 2. The molecule has 1 rings (SSSR count). The Balaban J connectivity index is 2.61. The number of urea groups is 1. The summed E-state index contributed by atoms with van der Waals surface area (Å²) in [5, 5.41) is 8.77. The van der Waals surface area contributed by atoms with E-state index in [2.05, 4.69) is 6.92 Å². The van der Waals surface area contributed by atoms with E-state index in [4.69, 9.17) is 5.11 Å². The normalized spacial score (nSPS) is 15.9. The Labute approximate surface area is 119 Å². The van der Waals surface area contributed by atoms with E-state index in [1.54, 1.807) is 21.6 Å². The highest BCUT2D eigenvalue weighted by atomic mass is 32.2. The first kappa shape index (κ1) is 16.1. The number of hydrogen-bond donors (Lipinski definition) is 1. The lowest BCUT2D eigenvalue weighted by Gasteiger charge is -2.33. The van der Waals surface area contributed by atoms with Gasteiger partial charge in [0.15, 0.2) is 0 Å². The highest BCUT2D eigenvalue weighted by Crippen LogP contribution is 2.28. The van der Waals surface area contributed by atoms with Crippen LogP contribution in [0.1, 0.15) is 32.6 Å². The highest BCUT2D eigenvalue weighted by Gasteiger charge is 2.35. The second kappa shape index (κ2) is 7.62. The van der Waals surface area contributed by atoms with Crippen LogP contribution in [0.5, 0.6) is 0 Å². The molecular weight excluding hydrogens is 264 g/mol. The predicted octanol–water partition coefficient (Wildman–Crippen LogP) is 2.12. The van der Waals surface area contributed by atoms with Gasteiger partial charge in [0, 0.05) is 31.4 Å². The molecule has 0 aromatic heterocycles. The van der Waals surface area contributed by atoms with E-state index >= 15 is 0 Å². The van der Waals surface area contributed by atoms with Crippen molar-refractivity contribution in [1.82, 2.24) is 9.80 Å².